The summed E-state index contributed by atoms with van der Waals surface area (Å²) in [6, 6.07) is -0.201. The van der Waals surface area contributed by atoms with Gasteiger partial charge in [0.15, 0.2) is 0 Å². The number of rotatable bonds is 4. The second kappa shape index (κ2) is 6.84. The molecular weight excluding hydrogens is 322 g/mol. The number of amides is 2. The van der Waals surface area contributed by atoms with Crippen LogP contribution < -0.4 is 11.1 Å². The van der Waals surface area contributed by atoms with Crippen LogP contribution in [-0.2, 0) is 17.6 Å². The van der Waals surface area contributed by atoms with E-state index in [-0.39, 0.29) is 11.9 Å². The zero-order valence-corrected chi connectivity index (χ0v) is 15.5. The van der Waals surface area contributed by atoms with Crippen LogP contribution in [0, 0.1) is 11.8 Å². The molecule has 24 heavy (non-hydrogen) atoms. The Hall–Kier alpha value is -1.40. The normalized spacial score (nSPS) is 25.3. The number of nitrogens with zero attached hydrogens (tertiary/aromatic N) is 1. The first-order valence-electron chi connectivity index (χ1n) is 8.86. The summed E-state index contributed by atoms with van der Waals surface area (Å²) < 4.78 is 0. The minimum Gasteiger partial charge on any atom is -0.365 e. The quantitative estimate of drug-likeness (QED) is 0.877. The van der Waals surface area contributed by atoms with E-state index in [1.807, 2.05) is 6.92 Å². The largest absolute Gasteiger partial charge is 0.365 e. The molecule has 3 rings (SSSR count). The highest BCUT2D eigenvalue weighted by atomic mass is 32.1. The minimum atomic E-state index is -0.433. The molecule has 1 saturated heterocycles. The molecule has 6 heteroatoms. The van der Waals surface area contributed by atoms with E-state index in [1.165, 1.54) is 22.6 Å². The first kappa shape index (κ1) is 17.4. The number of aryl methyl sites for hydroxylation is 1. The van der Waals surface area contributed by atoms with Crippen LogP contribution >= 0.6 is 11.3 Å². The fraction of sp³-hybridized carbons (Fsp3) is 0.667. The second-order valence-electron chi connectivity index (χ2n) is 7.49. The maximum atomic E-state index is 12.7. The average molecular weight is 350 g/mol. The van der Waals surface area contributed by atoms with E-state index in [0.717, 1.165) is 37.9 Å². The Bertz CT molecular complexity index is 645. The Morgan fingerprint density at radius 2 is 1.92 bits per heavy atom. The lowest BCUT2D eigenvalue weighted by atomic mass is 9.91. The summed E-state index contributed by atoms with van der Waals surface area (Å²) in [7, 11) is 0. The van der Waals surface area contributed by atoms with E-state index in [1.54, 1.807) is 0 Å². The van der Waals surface area contributed by atoms with Crippen molar-refractivity contribution in [1.29, 1.82) is 0 Å². The molecule has 3 atom stereocenters. The number of carbonyl (C=O) groups excluding carboxylic acids is 2. The van der Waals surface area contributed by atoms with Gasteiger partial charge in [0.1, 0.15) is 5.00 Å². The number of nitrogens with one attached hydrogen (secondary N) is 1. The predicted molar refractivity (Wildman–Crippen MR) is 97.5 cm³/mol. The van der Waals surface area contributed by atoms with Gasteiger partial charge < -0.3 is 11.1 Å². The number of likely N-dealkylation sites (tertiary alicyclic amines) is 1. The van der Waals surface area contributed by atoms with Gasteiger partial charge in [-0.15, -0.1) is 11.3 Å². The molecule has 2 heterocycles. The van der Waals surface area contributed by atoms with Gasteiger partial charge in [0, 0.05) is 18.0 Å². The third kappa shape index (κ3) is 3.35. The molecule has 1 aliphatic carbocycles. The summed E-state index contributed by atoms with van der Waals surface area (Å²) in [6.07, 6.45) is 4.15. The van der Waals surface area contributed by atoms with E-state index >= 15 is 0 Å². The summed E-state index contributed by atoms with van der Waals surface area (Å²) in [6.45, 7) is 8.32. The SMILES string of the molecule is C[C@@H]1C[C@H](C)CN([C@@H](C)C(=O)Nc2sc3c(c2C(N)=O)CCC3)C1. The summed E-state index contributed by atoms with van der Waals surface area (Å²) in [5.74, 6) is 0.739. The first-order valence-corrected chi connectivity index (χ1v) is 9.67. The van der Waals surface area contributed by atoms with Crippen molar-refractivity contribution >= 4 is 28.2 Å². The Morgan fingerprint density at radius 3 is 2.54 bits per heavy atom. The number of nitrogens with two attached hydrogens (primary N) is 1. The Morgan fingerprint density at radius 1 is 1.25 bits per heavy atom. The summed E-state index contributed by atoms with van der Waals surface area (Å²) >= 11 is 1.52. The molecule has 2 amide bonds. The summed E-state index contributed by atoms with van der Waals surface area (Å²) in [5.41, 5.74) is 7.16. The van der Waals surface area contributed by atoms with Crippen LogP contribution in [0.4, 0.5) is 5.00 Å². The molecule has 0 aromatic carbocycles. The van der Waals surface area contributed by atoms with Gasteiger partial charge in [-0.1, -0.05) is 13.8 Å². The zero-order chi connectivity index (χ0) is 17.4. The van der Waals surface area contributed by atoms with Crippen molar-refractivity contribution in [2.75, 3.05) is 18.4 Å². The monoisotopic (exact) mass is 349 g/mol. The number of fused-ring (bicyclic) bond motifs is 1. The standard InChI is InChI=1S/C18H27N3O2S/c1-10-7-11(2)9-21(8-10)12(3)17(23)20-18-15(16(19)22)13-5-4-6-14(13)24-18/h10-12H,4-9H2,1-3H3,(H2,19,22)(H,20,23)/t10-,11+,12-/m0/s1. The van der Waals surface area contributed by atoms with Crippen LogP contribution in [0.5, 0.6) is 0 Å². The Kier molecular flexibility index (Phi) is 4.97. The molecule has 5 nitrogen and oxygen atoms in total. The number of anilines is 1. The fourth-order valence-corrected chi connectivity index (χ4v) is 5.46. The van der Waals surface area contributed by atoms with Gasteiger partial charge in [-0.05, 0) is 50.0 Å². The van der Waals surface area contributed by atoms with Crippen LogP contribution in [0.1, 0.15) is 54.4 Å². The van der Waals surface area contributed by atoms with Gasteiger partial charge >= 0.3 is 0 Å². The predicted octanol–water partition coefficient (Wildman–Crippen LogP) is 2.64. The highest BCUT2D eigenvalue weighted by Gasteiger charge is 2.31. The second-order valence-corrected chi connectivity index (χ2v) is 8.60. The van der Waals surface area contributed by atoms with Crippen LogP contribution in [0.3, 0.4) is 0 Å². The van der Waals surface area contributed by atoms with E-state index in [2.05, 4.69) is 24.1 Å². The third-order valence-electron chi connectivity index (χ3n) is 5.23. The molecule has 0 saturated carbocycles. The maximum absolute atomic E-state index is 12.7. The zero-order valence-electron chi connectivity index (χ0n) is 14.7. The molecule has 132 valence electrons. The van der Waals surface area contributed by atoms with Crippen LogP contribution in [-0.4, -0.2) is 35.8 Å². The number of carbonyl (C=O) groups is 2. The van der Waals surface area contributed by atoms with Gasteiger partial charge in [-0.3, -0.25) is 14.5 Å². The molecule has 1 fully saturated rings. The molecule has 0 unspecified atom stereocenters. The lowest BCUT2D eigenvalue weighted by Crippen LogP contribution is -2.48. The minimum absolute atomic E-state index is 0.0428. The smallest absolute Gasteiger partial charge is 0.251 e. The van der Waals surface area contributed by atoms with Crippen molar-refractivity contribution in [3.8, 4) is 0 Å². The lowest BCUT2D eigenvalue weighted by molar-refractivity contribution is -0.121. The number of hydrogen-bond donors (Lipinski definition) is 2. The van der Waals surface area contributed by atoms with E-state index in [4.69, 9.17) is 5.73 Å². The molecule has 3 N–H and O–H groups in total. The third-order valence-corrected chi connectivity index (χ3v) is 6.44. The molecule has 1 aliphatic heterocycles. The maximum Gasteiger partial charge on any atom is 0.251 e. The molecular formula is C18H27N3O2S. The van der Waals surface area contributed by atoms with Crippen molar-refractivity contribution in [3.05, 3.63) is 16.0 Å². The van der Waals surface area contributed by atoms with Crippen LogP contribution in [0.25, 0.3) is 0 Å². The first-order chi connectivity index (χ1) is 11.4. The van der Waals surface area contributed by atoms with E-state index < -0.39 is 5.91 Å². The highest BCUT2D eigenvalue weighted by molar-refractivity contribution is 7.17. The topological polar surface area (TPSA) is 75.4 Å². The fourth-order valence-electron chi connectivity index (χ4n) is 4.16. The van der Waals surface area contributed by atoms with Gasteiger partial charge in [-0.25, -0.2) is 0 Å². The number of primary amides is 1. The molecule has 0 bridgehead atoms. The van der Waals surface area contributed by atoms with Gasteiger partial charge in [0.25, 0.3) is 5.91 Å². The van der Waals surface area contributed by atoms with Gasteiger partial charge in [0.2, 0.25) is 5.91 Å². The van der Waals surface area contributed by atoms with Crippen molar-refractivity contribution in [2.24, 2.45) is 17.6 Å². The molecule has 1 aromatic heterocycles. The van der Waals surface area contributed by atoms with Crippen LogP contribution in [0.2, 0.25) is 0 Å². The molecule has 1 aromatic rings. The molecule has 0 radical (unpaired) electrons. The van der Waals surface area contributed by atoms with E-state index in [0.29, 0.717) is 22.4 Å². The van der Waals surface area contributed by atoms with Crippen molar-refractivity contribution in [2.45, 2.75) is 52.5 Å². The van der Waals surface area contributed by atoms with Crippen molar-refractivity contribution < 1.29 is 9.59 Å². The number of piperidine rings is 1. The lowest BCUT2D eigenvalue weighted by Gasteiger charge is -2.38. The van der Waals surface area contributed by atoms with E-state index in [9.17, 15) is 9.59 Å². The van der Waals surface area contributed by atoms with Gasteiger partial charge in [-0.2, -0.15) is 0 Å². The van der Waals surface area contributed by atoms with Crippen molar-refractivity contribution in [3.63, 3.8) is 0 Å². The average Bonchev–Trinajstić information content (AvgIpc) is 3.05. The van der Waals surface area contributed by atoms with Crippen molar-refractivity contribution in [1.82, 2.24) is 4.90 Å². The van der Waals surface area contributed by atoms with Crippen LogP contribution in [0.15, 0.2) is 0 Å². The Balaban J connectivity index is 1.74. The molecule has 0 spiro atoms. The Labute approximate surface area is 147 Å². The summed E-state index contributed by atoms with van der Waals surface area (Å²) in [4.78, 5) is 28.0. The molecule has 2 aliphatic rings. The highest BCUT2D eigenvalue weighted by Crippen LogP contribution is 2.39. The number of hydrogen-bond acceptors (Lipinski definition) is 4. The number of thiophene rings is 1. The summed E-state index contributed by atoms with van der Waals surface area (Å²) in [5, 5.41) is 3.63. The van der Waals surface area contributed by atoms with Gasteiger partial charge in [0.05, 0.1) is 11.6 Å².